The molecule has 1 N–H and O–H groups in total. The third-order valence-corrected chi connectivity index (χ3v) is 1.73. The van der Waals surface area contributed by atoms with E-state index in [1.165, 1.54) is 12.6 Å². The lowest BCUT2D eigenvalue weighted by Crippen LogP contribution is -2.04. The van der Waals surface area contributed by atoms with Gasteiger partial charge in [-0.1, -0.05) is 26.3 Å². The maximum atomic E-state index is 10.9. The fraction of sp³-hybridized carbons (Fsp3) is 0.333. The first-order chi connectivity index (χ1) is 7.17. The molecule has 1 aromatic carbocycles. The summed E-state index contributed by atoms with van der Waals surface area (Å²) in [6.45, 7) is 6.24. The van der Waals surface area contributed by atoms with E-state index in [4.69, 9.17) is 0 Å². The minimum atomic E-state index is -0.161. The topological polar surface area (TPSA) is 45.8 Å². The molecule has 0 aliphatic heterocycles. The summed E-state index contributed by atoms with van der Waals surface area (Å²) in [7, 11) is 0. The van der Waals surface area contributed by atoms with Gasteiger partial charge in [0.2, 0.25) is 0 Å². The average Bonchev–Trinajstić information content (AvgIpc) is 2.20. The monoisotopic (exact) mass is 206 g/mol. The Kier molecular flexibility index (Phi) is 4.03. The summed E-state index contributed by atoms with van der Waals surface area (Å²) < 4.78 is 0. The van der Waals surface area contributed by atoms with Gasteiger partial charge in [-0.3, -0.25) is 4.79 Å². The molecule has 0 unspecified atom stereocenters. The fourth-order valence-electron chi connectivity index (χ4n) is 1.15. The highest BCUT2D eigenvalue weighted by Crippen LogP contribution is 2.07. The van der Waals surface area contributed by atoms with Crippen LogP contribution in [-0.2, 0) is 0 Å². The molecule has 1 heterocycles. The molecule has 15 heavy (non-hydrogen) atoms. The standard InChI is InChI=1S/C9H8N2O.C3H8.H2/c1-6-2-3-7-8(4-6)10-5-9(12)11-7;1-3-2;/h2-5H,1H3,(H,11,12);3H2,1-2H3;1H. The zero-order valence-electron chi connectivity index (χ0n) is 9.37. The van der Waals surface area contributed by atoms with Crippen molar-refractivity contribution in [3.8, 4) is 0 Å². The van der Waals surface area contributed by atoms with Gasteiger partial charge in [0, 0.05) is 1.43 Å². The van der Waals surface area contributed by atoms with Gasteiger partial charge in [-0.15, -0.1) is 0 Å². The van der Waals surface area contributed by atoms with Gasteiger partial charge in [0.1, 0.15) is 0 Å². The van der Waals surface area contributed by atoms with Crippen LogP contribution in [0.5, 0.6) is 0 Å². The largest absolute Gasteiger partial charge is 0.319 e. The Balaban J connectivity index is 0.000000511. The quantitative estimate of drug-likeness (QED) is 0.720. The molecule has 0 fully saturated rings. The Morgan fingerprint density at radius 1 is 1.40 bits per heavy atom. The Morgan fingerprint density at radius 3 is 2.73 bits per heavy atom. The van der Waals surface area contributed by atoms with Gasteiger partial charge < -0.3 is 4.98 Å². The maximum Gasteiger partial charge on any atom is 0.266 e. The van der Waals surface area contributed by atoms with Gasteiger partial charge in [0.25, 0.3) is 5.56 Å². The van der Waals surface area contributed by atoms with E-state index in [9.17, 15) is 4.79 Å². The van der Waals surface area contributed by atoms with Crippen LogP contribution >= 0.6 is 0 Å². The summed E-state index contributed by atoms with van der Waals surface area (Å²) in [5, 5.41) is 0. The molecule has 0 spiro atoms. The van der Waals surface area contributed by atoms with Gasteiger partial charge in [-0.25, -0.2) is 4.98 Å². The van der Waals surface area contributed by atoms with Crippen molar-refractivity contribution in [3.05, 3.63) is 40.3 Å². The molecule has 0 bridgehead atoms. The van der Waals surface area contributed by atoms with E-state index in [1.54, 1.807) is 0 Å². The zero-order chi connectivity index (χ0) is 11.3. The molecular formula is C12H18N2O. The summed E-state index contributed by atoms with van der Waals surface area (Å²) in [6, 6.07) is 5.74. The molecule has 2 rings (SSSR count). The number of rotatable bonds is 0. The summed E-state index contributed by atoms with van der Waals surface area (Å²) in [6.07, 6.45) is 2.54. The van der Waals surface area contributed by atoms with Crippen molar-refractivity contribution in [2.75, 3.05) is 0 Å². The van der Waals surface area contributed by atoms with E-state index in [0.717, 1.165) is 16.6 Å². The fourth-order valence-corrected chi connectivity index (χ4v) is 1.15. The van der Waals surface area contributed by atoms with Crippen molar-refractivity contribution in [2.45, 2.75) is 27.2 Å². The van der Waals surface area contributed by atoms with Crippen molar-refractivity contribution in [1.82, 2.24) is 9.97 Å². The number of aromatic nitrogens is 2. The molecule has 1 aromatic heterocycles. The second-order valence-electron chi connectivity index (χ2n) is 3.48. The SMILES string of the molecule is CCC.Cc1ccc2[nH]c(=O)cnc2c1.[HH]. The molecule has 0 atom stereocenters. The highest BCUT2D eigenvalue weighted by molar-refractivity contribution is 5.74. The number of nitrogens with one attached hydrogen (secondary N) is 1. The molecule has 0 radical (unpaired) electrons. The molecular weight excluding hydrogens is 188 g/mol. The first-order valence-corrected chi connectivity index (χ1v) is 5.13. The Morgan fingerprint density at radius 2 is 2.07 bits per heavy atom. The number of nitrogens with zero attached hydrogens (tertiary/aromatic N) is 1. The van der Waals surface area contributed by atoms with Crippen molar-refractivity contribution < 1.29 is 1.43 Å². The summed E-state index contributed by atoms with van der Waals surface area (Å²) in [4.78, 5) is 17.5. The molecule has 0 aliphatic rings. The molecule has 3 heteroatoms. The molecule has 0 saturated carbocycles. The average molecular weight is 206 g/mol. The minimum absolute atomic E-state index is 0. The van der Waals surface area contributed by atoms with Crippen LogP contribution in [0.2, 0.25) is 0 Å². The van der Waals surface area contributed by atoms with Gasteiger partial charge in [0.05, 0.1) is 17.2 Å². The van der Waals surface area contributed by atoms with Crippen LogP contribution in [0.3, 0.4) is 0 Å². The van der Waals surface area contributed by atoms with Crippen LogP contribution < -0.4 is 5.56 Å². The van der Waals surface area contributed by atoms with E-state index in [1.807, 2.05) is 25.1 Å². The van der Waals surface area contributed by atoms with Crippen LogP contribution in [0.4, 0.5) is 0 Å². The van der Waals surface area contributed by atoms with Gasteiger partial charge in [-0.05, 0) is 24.6 Å². The molecule has 0 aliphatic carbocycles. The van der Waals surface area contributed by atoms with E-state index in [0.29, 0.717) is 0 Å². The lowest BCUT2D eigenvalue weighted by molar-refractivity contribution is 1.09. The number of H-pyrrole nitrogens is 1. The number of aryl methyl sites for hydroxylation is 1. The minimum Gasteiger partial charge on any atom is -0.319 e. The van der Waals surface area contributed by atoms with Gasteiger partial charge in [-0.2, -0.15) is 0 Å². The first-order valence-electron chi connectivity index (χ1n) is 5.13. The normalized spacial score (nSPS) is 9.53. The third-order valence-electron chi connectivity index (χ3n) is 1.73. The second kappa shape index (κ2) is 5.29. The Bertz CT molecular complexity index is 494. The van der Waals surface area contributed by atoms with E-state index >= 15 is 0 Å². The lowest BCUT2D eigenvalue weighted by atomic mass is 10.2. The maximum absolute atomic E-state index is 10.9. The second-order valence-corrected chi connectivity index (χ2v) is 3.48. The highest BCUT2D eigenvalue weighted by Gasteiger charge is 1.94. The molecule has 3 nitrogen and oxygen atoms in total. The van der Waals surface area contributed by atoms with Gasteiger partial charge >= 0.3 is 0 Å². The molecule has 0 amide bonds. The number of hydrogen-bond donors (Lipinski definition) is 1. The smallest absolute Gasteiger partial charge is 0.266 e. The van der Waals surface area contributed by atoms with Crippen LogP contribution in [0.1, 0.15) is 27.3 Å². The Hall–Kier alpha value is -1.64. The van der Waals surface area contributed by atoms with Crippen LogP contribution in [0, 0.1) is 6.92 Å². The van der Waals surface area contributed by atoms with Crippen molar-refractivity contribution >= 4 is 11.0 Å². The number of fused-ring (bicyclic) bond motifs is 1. The van der Waals surface area contributed by atoms with Gasteiger partial charge in [0.15, 0.2) is 0 Å². The molecule has 0 saturated heterocycles. The zero-order valence-corrected chi connectivity index (χ0v) is 9.37. The van der Waals surface area contributed by atoms with Crippen molar-refractivity contribution in [3.63, 3.8) is 0 Å². The molecule has 2 aromatic rings. The first kappa shape index (κ1) is 11.4. The summed E-state index contributed by atoms with van der Waals surface area (Å²) >= 11 is 0. The number of aromatic amines is 1. The van der Waals surface area contributed by atoms with Crippen LogP contribution in [-0.4, -0.2) is 9.97 Å². The number of benzene rings is 1. The summed E-state index contributed by atoms with van der Waals surface area (Å²) in [5.74, 6) is 0. The summed E-state index contributed by atoms with van der Waals surface area (Å²) in [5.41, 5.74) is 2.59. The Labute approximate surface area is 90.7 Å². The highest BCUT2D eigenvalue weighted by atomic mass is 16.1. The molecule has 82 valence electrons. The third kappa shape index (κ3) is 3.20. The number of hydrogen-bond acceptors (Lipinski definition) is 2. The lowest BCUT2D eigenvalue weighted by Gasteiger charge is -1.96. The predicted octanol–water partition coefficient (Wildman–Crippen LogP) is 2.89. The van der Waals surface area contributed by atoms with Crippen molar-refractivity contribution in [2.24, 2.45) is 0 Å². The van der Waals surface area contributed by atoms with E-state index in [-0.39, 0.29) is 6.99 Å². The predicted molar refractivity (Wildman–Crippen MR) is 65.2 cm³/mol. The van der Waals surface area contributed by atoms with Crippen LogP contribution in [0.25, 0.3) is 11.0 Å². The van der Waals surface area contributed by atoms with Crippen molar-refractivity contribution in [1.29, 1.82) is 0 Å². The van der Waals surface area contributed by atoms with Crippen LogP contribution in [0.15, 0.2) is 29.2 Å². The van der Waals surface area contributed by atoms with E-state index in [2.05, 4.69) is 23.8 Å². The van der Waals surface area contributed by atoms with E-state index < -0.39 is 0 Å².